The number of thioether (sulfide) groups is 1. The molecule has 0 saturated carbocycles. The van der Waals surface area contributed by atoms with Gasteiger partial charge >= 0.3 is 6.61 Å². The summed E-state index contributed by atoms with van der Waals surface area (Å²) in [5.41, 5.74) is 0.620. The quantitative estimate of drug-likeness (QED) is 0.459. The van der Waals surface area contributed by atoms with Gasteiger partial charge in [0.15, 0.2) is 17.3 Å². The van der Waals surface area contributed by atoms with Crippen molar-refractivity contribution in [2.75, 3.05) is 13.4 Å². The maximum atomic E-state index is 12.4. The second-order valence-corrected chi connectivity index (χ2v) is 5.61. The first kappa shape index (κ1) is 17.9. The Morgan fingerprint density at radius 3 is 2.77 bits per heavy atom. The van der Waals surface area contributed by atoms with Gasteiger partial charge in [-0.1, -0.05) is 11.8 Å². The van der Waals surface area contributed by atoms with Crippen LogP contribution >= 0.6 is 11.8 Å². The van der Waals surface area contributed by atoms with Crippen molar-refractivity contribution >= 4 is 18.0 Å². The first-order valence-corrected chi connectivity index (χ1v) is 8.55. The average molecular weight is 380 g/mol. The second kappa shape index (κ2) is 8.00. The first-order chi connectivity index (χ1) is 12.6. The summed E-state index contributed by atoms with van der Waals surface area (Å²) in [5.74, 6) is 1.09. The van der Waals surface area contributed by atoms with Crippen LogP contribution < -0.4 is 9.47 Å². The molecule has 26 heavy (non-hydrogen) atoms. The SMILES string of the molecule is COc1cc(/C=N/n2c(SC)nnc2-c2ccco2)ccc1OC(F)F. The Balaban J connectivity index is 1.92. The van der Waals surface area contributed by atoms with E-state index in [2.05, 4.69) is 20.0 Å². The normalized spacial score (nSPS) is 11.4. The molecule has 2 heterocycles. The van der Waals surface area contributed by atoms with Crippen LogP contribution in [0.2, 0.25) is 0 Å². The van der Waals surface area contributed by atoms with Crippen LogP contribution in [0.4, 0.5) is 8.78 Å². The molecule has 0 spiro atoms. The van der Waals surface area contributed by atoms with Gasteiger partial charge in [0.05, 0.1) is 19.6 Å². The number of alkyl halides is 2. The lowest BCUT2D eigenvalue weighted by Crippen LogP contribution is -2.04. The molecule has 0 unspecified atom stereocenters. The molecule has 3 aromatic rings. The fourth-order valence-electron chi connectivity index (χ4n) is 2.14. The van der Waals surface area contributed by atoms with Crippen molar-refractivity contribution in [3.05, 3.63) is 42.2 Å². The fourth-order valence-corrected chi connectivity index (χ4v) is 2.57. The summed E-state index contributed by atoms with van der Waals surface area (Å²) in [7, 11) is 1.37. The summed E-state index contributed by atoms with van der Waals surface area (Å²) in [5, 5.41) is 13.1. The zero-order valence-electron chi connectivity index (χ0n) is 13.8. The molecule has 0 fully saturated rings. The van der Waals surface area contributed by atoms with Gasteiger partial charge in [-0.2, -0.15) is 18.6 Å². The highest BCUT2D eigenvalue weighted by molar-refractivity contribution is 7.98. The van der Waals surface area contributed by atoms with E-state index in [1.165, 1.54) is 48.2 Å². The van der Waals surface area contributed by atoms with Gasteiger partial charge in [-0.05, 0) is 42.2 Å². The Hall–Kier alpha value is -2.88. The number of benzene rings is 1. The number of hydrogen-bond acceptors (Lipinski definition) is 7. The van der Waals surface area contributed by atoms with Crippen LogP contribution in [-0.2, 0) is 0 Å². The van der Waals surface area contributed by atoms with E-state index in [0.29, 0.717) is 22.3 Å². The lowest BCUT2D eigenvalue weighted by molar-refractivity contribution is -0.0512. The van der Waals surface area contributed by atoms with E-state index < -0.39 is 6.61 Å². The zero-order chi connectivity index (χ0) is 18.5. The van der Waals surface area contributed by atoms with Crippen molar-refractivity contribution in [1.29, 1.82) is 0 Å². The Kier molecular flexibility index (Phi) is 5.52. The smallest absolute Gasteiger partial charge is 0.387 e. The van der Waals surface area contributed by atoms with Gasteiger partial charge in [0.2, 0.25) is 11.0 Å². The predicted molar refractivity (Wildman–Crippen MR) is 92.1 cm³/mol. The number of halogens is 2. The van der Waals surface area contributed by atoms with Crippen LogP contribution in [0.25, 0.3) is 11.6 Å². The zero-order valence-corrected chi connectivity index (χ0v) is 14.6. The molecular weight excluding hydrogens is 366 g/mol. The molecule has 0 radical (unpaired) electrons. The molecule has 3 rings (SSSR count). The summed E-state index contributed by atoms with van der Waals surface area (Å²) < 4.78 is 41.2. The third kappa shape index (κ3) is 3.85. The van der Waals surface area contributed by atoms with E-state index in [9.17, 15) is 8.78 Å². The molecule has 7 nitrogen and oxygen atoms in total. The van der Waals surface area contributed by atoms with Crippen molar-refractivity contribution in [3.8, 4) is 23.1 Å². The summed E-state index contributed by atoms with van der Waals surface area (Å²) >= 11 is 1.37. The van der Waals surface area contributed by atoms with E-state index in [0.717, 1.165) is 0 Å². The van der Waals surface area contributed by atoms with Crippen molar-refractivity contribution < 1.29 is 22.7 Å². The second-order valence-electron chi connectivity index (χ2n) is 4.83. The summed E-state index contributed by atoms with van der Waals surface area (Å²) in [6, 6.07) is 8.00. The topological polar surface area (TPSA) is 74.7 Å². The standard InChI is InChI=1S/C16H14F2N4O3S/c1-23-13-8-10(5-6-11(13)25-15(17)18)9-19-22-14(12-4-3-7-24-12)20-21-16(22)26-2/h3-9,15H,1-2H3/b19-9+. The van der Waals surface area contributed by atoms with Gasteiger partial charge in [0, 0.05) is 0 Å². The van der Waals surface area contributed by atoms with Crippen LogP contribution in [0.15, 0.2) is 51.3 Å². The van der Waals surface area contributed by atoms with Crippen molar-refractivity contribution in [2.45, 2.75) is 11.8 Å². The molecule has 0 aliphatic carbocycles. The lowest BCUT2D eigenvalue weighted by atomic mass is 10.2. The molecular formula is C16H14F2N4O3S. The third-order valence-electron chi connectivity index (χ3n) is 3.26. The minimum atomic E-state index is -2.93. The number of rotatable bonds is 7. The van der Waals surface area contributed by atoms with Crippen LogP contribution in [0.5, 0.6) is 11.5 Å². The van der Waals surface area contributed by atoms with Gasteiger partial charge in [-0.3, -0.25) is 0 Å². The van der Waals surface area contributed by atoms with E-state index in [4.69, 9.17) is 9.15 Å². The predicted octanol–water partition coefficient (Wildman–Crippen LogP) is 3.75. The van der Waals surface area contributed by atoms with Crippen molar-refractivity contribution in [2.24, 2.45) is 5.10 Å². The molecule has 0 aliphatic heterocycles. The first-order valence-electron chi connectivity index (χ1n) is 7.33. The maximum Gasteiger partial charge on any atom is 0.387 e. The summed E-state index contributed by atoms with van der Waals surface area (Å²) in [4.78, 5) is 0. The Labute approximate surface area is 151 Å². The molecule has 1 aromatic carbocycles. The van der Waals surface area contributed by atoms with Crippen LogP contribution in [0, 0.1) is 0 Å². The van der Waals surface area contributed by atoms with E-state index >= 15 is 0 Å². The van der Waals surface area contributed by atoms with Gasteiger partial charge < -0.3 is 13.9 Å². The molecule has 0 N–H and O–H groups in total. The van der Waals surface area contributed by atoms with Gasteiger partial charge in [0.1, 0.15) is 0 Å². The molecule has 0 bridgehead atoms. The number of ether oxygens (including phenoxy) is 2. The third-order valence-corrected chi connectivity index (χ3v) is 3.88. The number of methoxy groups -OCH3 is 1. The van der Waals surface area contributed by atoms with Gasteiger partial charge in [-0.15, -0.1) is 10.2 Å². The van der Waals surface area contributed by atoms with Crippen LogP contribution in [-0.4, -0.2) is 41.1 Å². The highest BCUT2D eigenvalue weighted by atomic mass is 32.2. The molecule has 0 aliphatic rings. The fraction of sp³-hybridized carbons (Fsp3) is 0.188. The molecule has 136 valence electrons. The minimum absolute atomic E-state index is 0.0509. The monoisotopic (exact) mass is 380 g/mol. The number of furan rings is 1. The van der Waals surface area contributed by atoms with Gasteiger partial charge in [0.25, 0.3) is 0 Å². The Morgan fingerprint density at radius 1 is 1.27 bits per heavy atom. The Bertz CT molecular complexity index is 897. The largest absolute Gasteiger partial charge is 0.493 e. The van der Waals surface area contributed by atoms with Crippen LogP contribution in [0.1, 0.15) is 5.56 Å². The van der Waals surface area contributed by atoms with E-state index in [-0.39, 0.29) is 11.5 Å². The number of nitrogens with zero attached hydrogens (tertiary/aromatic N) is 4. The highest BCUT2D eigenvalue weighted by Gasteiger charge is 2.15. The molecule has 10 heteroatoms. The highest BCUT2D eigenvalue weighted by Crippen LogP contribution is 2.29. The number of aromatic nitrogens is 3. The van der Waals surface area contributed by atoms with E-state index in [1.807, 2.05) is 6.26 Å². The van der Waals surface area contributed by atoms with Crippen molar-refractivity contribution in [3.63, 3.8) is 0 Å². The van der Waals surface area contributed by atoms with Gasteiger partial charge in [-0.25, -0.2) is 0 Å². The lowest BCUT2D eigenvalue weighted by Gasteiger charge is -2.10. The number of hydrogen-bond donors (Lipinski definition) is 0. The average Bonchev–Trinajstić information content (AvgIpc) is 3.29. The van der Waals surface area contributed by atoms with Crippen molar-refractivity contribution in [1.82, 2.24) is 14.9 Å². The Morgan fingerprint density at radius 2 is 2.12 bits per heavy atom. The van der Waals surface area contributed by atoms with Crippen LogP contribution in [0.3, 0.4) is 0 Å². The molecule has 0 saturated heterocycles. The minimum Gasteiger partial charge on any atom is -0.493 e. The molecule has 0 amide bonds. The summed E-state index contributed by atoms with van der Waals surface area (Å²) in [6.45, 7) is -2.93. The van der Waals surface area contributed by atoms with E-state index in [1.54, 1.807) is 18.2 Å². The molecule has 2 aromatic heterocycles. The summed E-state index contributed by atoms with van der Waals surface area (Å²) in [6.07, 6.45) is 4.91. The molecule has 0 atom stereocenters. The maximum absolute atomic E-state index is 12.4.